The quantitative estimate of drug-likeness (QED) is 0.321. The topological polar surface area (TPSA) is 129 Å². The van der Waals surface area contributed by atoms with E-state index >= 15 is 0 Å². The third kappa shape index (κ3) is 7.00. The van der Waals surface area contributed by atoms with Gasteiger partial charge in [-0.3, -0.25) is 4.79 Å². The molecule has 1 aromatic heterocycles. The number of benzene rings is 1. The van der Waals surface area contributed by atoms with E-state index in [4.69, 9.17) is 4.74 Å². The maximum absolute atomic E-state index is 12.3. The average Bonchev–Trinajstić information content (AvgIpc) is 3.18. The normalized spacial score (nSPS) is 10.3. The lowest BCUT2D eigenvalue weighted by molar-refractivity contribution is -0.113. The summed E-state index contributed by atoms with van der Waals surface area (Å²) in [7, 11) is 4.06. The summed E-state index contributed by atoms with van der Waals surface area (Å²) >= 11 is 2.54. The molecule has 0 unspecified atom stereocenters. The Morgan fingerprint density at radius 3 is 2.28 bits per heavy atom. The number of hydrogen-bond acceptors (Lipinski definition) is 11. The SMILES string of the molecule is COCCNc1nnc(SCC(=O)Nc2cc(C(=O)OC)cc(C(=O)OC)c2)s1. The molecule has 0 aliphatic heterocycles. The smallest absolute Gasteiger partial charge is 0.337 e. The zero-order chi connectivity index (χ0) is 21.2. The minimum absolute atomic E-state index is 0.0721. The number of anilines is 2. The number of nitrogens with one attached hydrogen (secondary N) is 2. The molecule has 1 heterocycles. The van der Waals surface area contributed by atoms with Gasteiger partial charge in [-0.15, -0.1) is 10.2 Å². The van der Waals surface area contributed by atoms with Gasteiger partial charge in [0.15, 0.2) is 4.34 Å². The van der Waals surface area contributed by atoms with Crippen molar-refractivity contribution in [2.75, 3.05) is 50.9 Å². The van der Waals surface area contributed by atoms with E-state index in [1.165, 1.54) is 55.5 Å². The van der Waals surface area contributed by atoms with Crippen LogP contribution in [-0.2, 0) is 19.0 Å². The van der Waals surface area contributed by atoms with Crippen LogP contribution in [0.3, 0.4) is 0 Å². The lowest BCUT2D eigenvalue weighted by Crippen LogP contribution is -2.16. The largest absolute Gasteiger partial charge is 0.465 e. The van der Waals surface area contributed by atoms with Gasteiger partial charge >= 0.3 is 11.9 Å². The predicted molar refractivity (Wildman–Crippen MR) is 109 cm³/mol. The van der Waals surface area contributed by atoms with Gasteiger partial charge in [0.05, 0.1) is 37.7 Å². The van der Waals surface area contributed by atoms with Gasteiger partial charge in [-0.05, 0) is 18.2 Å². The second-order valence-electron chi connectivity index (χ2n) is 5.41. The highest BCUT2D eigenvalue weighted by Crippen LogP contribution is 2.25. The van der Waals surface area contributed by atoms with Crippen molar-refractivity contribution >= 4 is 51.8 Å². The third-order valence-electron chi connectivity index (χ3n) is 3.37. The molecule has 0 spiro atoms. The van der Waals surface area contributed by atoms with Crippen LogP contribution in [0.2, 0.25) is 0 Å². The molecule has 0 aliphatic carbocycles. The summed E-state index contributed by atoms with van der Waals surface area (Å²) in [4.78, 5) is 35.9. The number of methoxy groups -OCH3 is 3. The van der Waals surface area contributed by atoms with E-state index in [1.807, 2.05) is 0 Å². The van der Waals surface area contributed by atoms with E-state index < -0.39 is 11.9 Å². The second-order valence-corrected chi connectivity index (χ2v) is 7.61. The van der Waals surface area contributed by atoms with Gasteiger partial charge in [-0.2, -0.15) is 0 Å². The molecule has 1 amide bonds. The molecular formula is C17H20N4O6S2. The fraction of sp³-hybridized carbons (Fsp3) is 0.353. The minimum atomic E-state index is -0.636. The lowest BCUT2D eigenvalue weighted by atomic mass is 10.1. The summed E-state index contributed by atoms with van der Waals surface area (Å²) < 4.78 is 14.9. The zero-order valence-corrected chi connectivity index (χ0v) is 17.6. The molecule has 0 saturated carbocycles. The van der Waals surface area contributed by atoms with E-state index in [2.05, 4.69) is 30.3 Å². The molecule has 2 rings (SSSR count). The number of esters is 2. The number of hydrogen-bond donors (Lipinski definition) is 2. The first kappa shape index (κ1) is 22.6. The molecular weight excluding hydrogens is 420 g/mol. The van der Waals surface area contributed by atoms with Crippen molar-refractivity contribution in [1.29, 1.82) is 0 Å². The molecule has 156 valence electrons. The van der Waals surface area contributed by atoms with Crippen LogP contribution in [0.25, 0.3) is 0 Å². The molecule has 0 bridgehead atoms. The Morgan fingerprint density at radius 2 is 1.69 bits per heavy atom. The van der Waals surface area contributed by atoms with Crippen molar-refractivity contribution in [1.82, 2.24) is 10.2 Å². The molecule has 2 N–H and O–H groups in total. The number of nitrogens with zero attached hydrogens (tertiary/aromatic N) is 2. The maximum Gasteiger partial charge on any atom is 0.337 e. The molecule has 29 heavy (non-hydrogen) atoms. The van der Waals surface area contributed by atoms with Gasteiger partial charge in [-0.25, -0.2) is 9.59 Å². The predicted octanol–water partition coefficient (Wildman–Crippen LogP) is 1.90. The van der Waals surface area contributed by atoms with Gasteiger partial charge in [0.2, 0.25) is 11.0 Å². The van der Waals surface area contributed by atoms with Crippen molar-refractivity contribution in [3.05, 3.63) is 29.3 Å². The Kier molecular flexibility index (Phi) is 8.83. The summed E-state index contributed by atoms with van der Waals surface area (Å²) in [5.74, 6) is -1.54. The number of thioether (sulfide) groups is 1. The third-order valence-corrected chi connectivity index (χ3v) is 5.39. The molecule has 0 fully saturated rings. The lowest BCUT2D eigenvalue weighted by Gasteiger charge is -2.09. The van der Waals surface area contributed by atoms with Crippen LogP contribution >= 0.6 is 23.1 Å². The van der Waals surface area contributed by atoms with Crippen molar-refractivity contribution in [2.45, 2.75) is 4.34 Å². The summed E-state index contributed by atoms with van der Waals surface area (Å²) in [6, 6.07) is 4.18. The van der Waals surface area contributed by atoms with Crippen LogP contribution in [0.5, 0.6) is 0 Å². The van der Waals surface area contributed by atoms with Crippen molar-refractivity contribution in [3.63, 3.8) is 0 Å². The Morgan fingerprint density at radius 1 is 1.03 bits per heavy atom. The zero-order valence-electron chi connectivity index (χ0n) is 16.0. The van der Waals surface area contributed by atoms with E-state index in [0.717, 1.165) is 0 Å². The Bertz CT molecular complexity index is 839. The summed E-state index contributed by atoms with van der Waals surface area (Å²) in [5.41, 5.74) is 0.515. The first-order chi connectivity index (χ1) is 14.0. The van der Waals surface area contributed by atoms with E-state index in [-0.39, 0.29) is 28.5 Å². The molecule has 0 atom stereocenters. The van der Waals surface area contributed by atoms with E-state index in [0.29, 0.717) is 22.6 Å². The average molecular weight is 441 g/mol. The Balaban J connectivity index is 1.99. The number of amides is 1. The van der Waals surface area contributed by atoms with Crippen LogP contribution in [0.15, 0.2) is 22.5 Å². The van der Waals surface area contributed by atoms with E-state index in [1.54, 1.807) is 7.11 Å². The fourth-order valence-corrected chi connectivity index (χ4v) is 3.67. The molecule has 12 heteroatoms. The molecule has 0 radical (unpaired) electrons. The summed E-state index contributed by atoms with van der Waals surface area (Å²) in [6.07, 6.45) is 0. The van der Waals surface area contributed by atoms with Gasteiger partial charge in [-0.1, -0.05) is 23.1 Å². The van der Waals surface area contributed by atoms with Crippen LogP contribution in [-0.4, -0.2) is 68.3 Å². The highest BCUT2D eigenvalue weighted by Gasteiger charge is 2.15. The van der Waals surface area contributed by atoms with Crippen LogP contribution in [0.1, 0.15) is 20.7 Å². The van der Waals surface area contributed by atoms with Crippen molar-refractivity contribution < 1.29 is 28.6 Å². The van der Waals surface area contributed by atoms with Gasteiger partial charge < -0.3 is 24.8 Å². The van der Waals surface area contributed by atoms with Crippen molar-refractivity contribution in [2.24, 2.45) is 0 Å². The van der Waals surface area contributed by atoms with E-state index in [9.17, 15) is 14.4 Å². The monoisotopic (exact) mass is 440 g/mol. The molecule has 1 aromatic carbocycles. The highest BCUT2D eigenvalue weighted by atomic mass is 32.2. The molecule has 0 saturated heterocycles. The van der Waals surface area contributed by atoms with Crippen LogP contribution in [0, 0.1) is 0 Å². The number of carbonyl (C=O) groups excluding carboxylic acids is 3. The van der Waals surface area contributed by atoms with Crippen LogP contribution in [0.4, 0.5) is 10.8 Å². The fourth-order valence-electron chi connectivity index (χ4n) is 2.10. The number of carbonyl (C=O) groups is 3. The molecule has 2 aromatic rings. The minimum Gasteiger partial charge on any atom is -0.465 e. The molecule has 10 nitrogen and oxygen atoms in total. The number of aromatic nitrogens is 2. The van der Waals surface area contributed by atoms with Gasteiger partial charge in [0.25, 0.3) is 0 Å². The summed E-state index contributed by atoms with van der Waals surface area (Å²) in [5, 5.41) is 14.3. The van der Waals surface area contributed by atoms with Crippen molar-refractivity contribution in [3.8, 4) is 0 Å². The first-order valence-corrected chi connectivity index (χ1v) is 10.1. The summed E-state index contributed by atoms with van der Waals surface area (Å²) in [6.45, 7) is 1.15. The number of ether oxygens (including phenoxy) is 3. The molecule has 0 aliphatic rings. The second kappa shape index (κ2) is 11.3. The Hall–Kier alpha value is -2.70. The highest BCUT2D eigenvalue weighted by molar-refractivity contribution is 8.01. The first-order valence-electron chi connectivity index (χ1n) is 8.27. The Labute approximate surface area is 175 Å². The standard InChI is InChI=1S/C17H20N4O6S2/c1-25-5-4-18-16-20-21-17(29-16)28-9-13(22)19-12-7-10(14(23)26-2)6-11(8-12)15(24)27-3/h6-8H,4-5,9H2,1-3H3,(H,18,20)(H,19,22). The maximum atomic E-state index is 12.3. The van der Waals surface area contributed by atoms with Gasteiger partial charge in [0.1, 0.15) is 0 Å². The van der Waals surface area contributed by atoms with Crippen LogP contribution < -0.4 is 10.6 Å². The van der Waals surface area contributed by atoms with Gasteiger partial charge in [0, 0.05) is 19.3 Å². The number of rotatable bonds is 10.